The summed E-state index contributed by atoms with van der Waals surface area (Å²) in [4.78, 5) is 0. The van der Waals surface area contributed by atoms with Crippen LogP contribution in [-0.2, 0) is 23.2 Å². The molecule has 0 saturated carbocycles. The summed E-state index contributed by atoms with van der Waals surface area (Å²) in [6.07, 6.45) is 10.7. The maximum absolute atomic E-state index is 2.55. The van der Waals surface area contributed by atoms with E-state index in [-0.39, 0.29) is 34.3 Å². The summed E-state index contributed by atoms with van der Waals surface area (Å²) >= 11 is -0.535. The second-order valence-electron chi connectivity index (χ2n) is 7.00. The van der Waals surface area contributed by atoms with E-state index < -0.39 is 23.2 Å². The van der Waals surface area contributed by atoms with Crippen LogP contribution in [0.2, 0.25) is 5.04 Å². The zero-order valence-electron chi connectivity index (χ0n) is 13.4. The Morgan fingerprint density at radius 3 is 2.50 bits per heavy atom. The van der Waals surface area contributed by atoms with Crippen molar-refractivity contribution in [2.24, 2.45) is 0 Å². The smallest absolute Gasteiger partial charge is 1.00 e. The third-order valence-electron chi connectivity index (χ3n) is 3.95. The van der Waals surface area contributed by atoms with Crippen LogP contribution in [0.5, 0.6) is 0 Å². The molecule has 0 spiro atoms. The van der Waals surface area contributed by atoms with Gasteiger partial charge >= 0.3 is 137 Å². The fourth-order valence-electron chi connectivity index (χ4n) is 3.08. The van der Waals surface area contributed by atoms with Crippen molar-refractivity contribution in [3.05, 3.63) is 60.2 Å². The molecule has 0 aliphatic heterocycles. The van der Waals surface area contributed by atoms with Gasteiger partial charge in [0.25, 0.3) is 0 Å². The first-order chi connectivity index (χ1) is 9.53. The largest absolute Gasteiger partial charge is 1.00 e. The monoisotopic (exact) mass is 426 g/mol. The van der Waals surface area contributed by atoms with Gasteiger partial charge in [0, 0.05) is 0 Å². The molecule has 116 valence electrons. The number of hydrogen-bond donors (Lipinski definition) is 0. The molecule has 0 saturated heterocycles. The summed E-state index contributed by atoms with van der Waals surface area (Å²) in [6, 6.07) is 9.10. The third kappa shape index (κ3) is 4.81. The Morgan fingerprint density at radius 1 is 1.14 bits per heavy atom. The van der Waals surface area contributed by atoms with E-state index in [2.05, 4.69) is 69.3 Å². The maximum Gasteiger partial charge on any atom is -1.00 e. The van der Waals surface area contributed by atoms with E-state index in [1.165, 1.54) is 12.0 Å². The van der Waals surface area contributed by atoms with Crippen molar-refractivity contribution >= 4 is 15.6 Å². The van der Waals surface area contributed by atoms with Crippen LogP contribution < -0.4 is 24.8 Å². The molecule has 1 aromatic rings. The molecule has 0 heterocycles. The predicted molar refractivity (Wildman–Crippen MR) is 87.3 cm³/mol. The number of benzene rings is 1. The number of fused-ring (bicyclic) bond motifs is 1. The van der Waals surface area contributed by atoms with E-state index in [1.54, 1.807) is 8.84 Å². The fraction of sp³-hybridized carbons (Fsp3) is 0.333. The van der Waals surface area contributed by atoms with Crippen LogP contribution in [0.4, 0.5) is 0 Å². The van der Waals surface area contributed by atoms with Gasteiger partial charge in [0.1, 0.15) is 0 Å². The molecule has 0 fully saturated rings. The predicted octanol–water partition coefficient (Wildman–Crippen LogP) is -1.60. The molecule has 3 rings (SSSR count). The SMILES string of the molecule is CC(C)(C)[SiH2]C1[C]([Zr+2][C]2=CC=CC2)=Cc2ccccc21.[Cl-].[Cl-]. The Labute approximate surface area is 160 Å². The van der Waals surface area contributed by atoms with Gasteiger partial charge < -0.3 is 24.8 Å². The van der Waals surface area contributed by atoms with Gasteiger partial charge in [-0.1, -0.05) is 0 Å². The molecule has 0 N–H and O–H groups in total. The second-order valence-corrected chi connectivity index (χ2v) is 14.0. The number of halogens is 2. The van der Waals surface area contributed by atoms with Crippen molar-refractivity contribution in [2.75, 3.05) is 0 Å². The van der Waals surface area contributed by atoms with Gasteiger partial charge in [0.15, 0.2) is 0 Å². The van der Waals surface area contributed by atoms with E-state index in [9.17, 15) is 0 Å². The standard InChI is InChI=1S/C13H17Si.C5H5.2ClH.Zr/c1-13(2,3)14-12-9-8-10-6-4-5-7-11(10)12;1-2-4-5-3-1;;;/h4-8,12H,14H2,1-3H3;1-3H,4H2;2*1H;/q;;;;+2/p-2. The molecule has 22 heavy (non-hydrogen) atoms. The van der Waals surface area contributed by atoms with Gasteiger partial charge in [0.05, 0.1) is 0 Å². The average molecular weight is 429 g/mol. The second kappa shape index (κ2) is 8.29. The summed E-state index contributed by atoms with van der Waals surface area (Å²) in [7, 11) is -0.141. The Balaban J connectivity index is 0.00000121. The van der Waals surface area contributed by atoms with Crippen LogP contribution in [0.15, 0.2) is 49.1 Å². The van der Waals surface area contributed by atoms with Crippen LogP contribution >= 0.6 is 0 Å². The first-order valence-corrected chi connectivity index (χ1v) is 11.4. The molecule has 1 unspecified atom stereocenters. The van der Waals surface area contributed by atoms with Crippen LogP contribution in [-0.4, -0.2) is 9.52 Å². The number of hydrogen-bond acceptors (Lipinski definition) is 0. The minimum absolute atomic E-state index is 0. The molecule has 0 bridgehead atoms. The molecule has 0 amide bonds. The van der Waals surface area contributed by atoms with Crippen molar-refractivity contribution in [2.45, 2.75) is 37.8 Å². The molecule has 4 heteroatoms. The van der Waals surface area contributed by atoms with Gasteiger partial charge in [-0.05, 0) is 0 Å². The fourth-order valence-corrected chi connectivity index (χ4v) is 9.85. The molecule has 0 radical (unpaired) electrons. The van der Waals surface area contributed by atoms with Crippen molar-refractivity contribution in [3.8, 4) is 0 Å². The third-order valence-corrected chi connectivity index (χ3v) is 11.1. The molecule has 0 aromatic heterocycles. The van der Waals surface area contributed by atoms with Crippen molar-refractivity contribution in [1.29, 1.82) is 0 Å². The number of allylic oxidation sites excluding steroid dienone is 5. The van der Waals surface area contributed by atoms with Crippen molar-refractivity contribution in [1.82, 2.24) is 0 Å². The number of rotatable bonds is 3. The molecular weight excluding hydrogens is 406 g/mol. The topological polar surface area (TPSA) is 0 Å². The minimum atomic E-state index is -0.535. The van der Waals surface area contributed by atoms with E-state index in [1.807, 2.05) is 3.28 Å². The van der Waals surface area contributed by atoms with E-state index in [0.717, 1.165) is 5.54 Å². The van der Waals surface area contributed by atoms with Crippen molar-refractivity contribution in [3.63, 3.8) is 0 Å². The Bertz CT molecular complexity index is 612. The van der Waals surface area contributed by atoms with Crippen LogP contribution in [0.25, 0.3) is 6.08 Å². The van der Waals surface area contributed by atoms with Gasteiger partial charge in [-0.25, -0.2) is 0 Å². The summed E-state index contributed by atoms with van der Waals surface area (Å²) < 4.78 is 3.59. The zero-order valence-corrected chi connectivity index (χ0v) is 18.8. The summed E-state index contributed by atoms with van der Waals surface area (Å²) in [5, 5.41) is 0.531. The van der Waals surface area contributed by atoms with E-state index in [4.69, 9.17) is 0 Å². The maximum atomic E-state index is 2.55. The molecule has 2 aliphatic carbocycles. The first kappa shape index (κ1) is 20.2. The average Bonchev–Trinajstić information content (AvgIpc) is 2.98. The molecule has 2 aliphatic rings. The molecule has 1 atom stereocenters. The molecule has 0 nitrogen and oxygen atoms in total. The Hall–Kier alpha value is 0.120. The quantitative estimate of drug-likeness (QED) is 0.509. The Morgan fingerprint density at radius 2 is 1.86 bits per heavy atom. The molecular formula is C18H22Cl2SiZr. The first-order valence-electron chi connectivity index (χ1n) is 7.46. The minimum Gasteiger partial charge on any atom is -1.00 e. The normalized spacial score (nSPS) is 19.1. The van der Waals surface area contributed by atoms with Crippen LogP contribution in [0.1, 0.15) is 43.9 Å². The van der Waals surface area contributed by atoms with E-state index >= 15 is 0 Å². The van der Waals surface area contributed by atoms with Crippen LogP contribution in [0.3, 0.4) is 0 Å². The zero-order chi connectivity index (χ0) is 14.2. The van der Waals surface area contributed by atoms with Crippen molar-refractivity contribution < 1.29 is 48.0 Å². The van der Waals surface area contributed by atoms with Gasteiger partial charge in [0.2, 0.25) is 0 Å². The summed E-state index contributed by atoms with van der Waals surface area (Å²) in [6.45, 7) is 7.29. The van der Waals surface area contributed by atoms with E-state index in [0.29, 0.717) is 5.04 Å². The van der Waals surface area contributed by atoms with Gasteiger partial charge in [-0.2, -0.15) is 0 Å². The Kier molecular flexibility index (Phi) is 7.60. The summed E-state index contributed by atoms with van der Waals surface area (Å²) in [5.41, 5.74) is 3.97. The van der Waals surface area contributed by atoms with Crippen LogP contribution in [0, 0.1) is 0 Å². The van der Waals surface area contributed by atoms with Gasteiger partial charge in [-0.3, -0.25) is 0 Å². The molecule has 1 aromatic carbocycles. The van der Waals surface area contributed by atoms with Gasteiger partial charge in [-0.15, -0.1) is 0 Å². The summed E-state index contributed by atoms with van der Waals surface area (Å²) in [5.74, 6) is 0.